The summed E-state index contributed by atoms with van der Waals surface area (Å²) >= 11 is 0. The van der Waals surface area contributed by atoms with E-state index in [1.807, 2.05) is 47.4 Å². The van der Waals surface area contributed by atoms with Gasteiger partial charge in [-0.1, -0.05) is 61.7 Å². The molecule has 6 nitrogen and oxygen atoms in total. The van der Waals surface area contributed by atoms with Crippen LogP contribution in [0, 0.1) is 11.8 Å². The van der Waals surface area contributed by atoms with Gasteiger partial charge in [0.15, 0.2) is 0 Å². The molecule has 2 aromatic carbocycles. The molecule has 5 rings (SSSR count). The Kier molecular flexibility index (Phi) is 4.95. The first-order valence-corrected chi connectivity index (χ1v) is 11.4. The quantitative estimate of drug-likeness (QED) is 0.772. The summed E-state index contributed by atoms with van der Waals surface area (Å²) in [6.07, 6.45) is 6.01. The normalized spacial score (nSPS) is 28.5. The van der Waals surface area contributed by atoms with Crippen LogP contribution in [0.1, 0.15) is 44.6 Å². The molecule has 2 saturated heterocycles. The fraction of sp³-hybridized carbons (Fsp3) is 0.480. The minimum absolute atomic E-state index is 0.130. The van der Waals surface area contributed by atoms with Gasteiger partial charge in [0.2, 0.25) is 5.91 Å². The van der Waals surface area contributed by atoms with Gasteiger partial charge >= 0.3 is 6.03 Å². The van der Waals surface area contributed by atoms with Crippen LogP contribution < -0.4 is 5.32 Å². The molecule has 1 saturated carbocycles. The van der Waals surface area contributed by atoms with Crippen molar-refractivity contribution in [2.45, 2.75) is 44.6 Å². The molecule has 162 valence electrons. The highest BCUT2D eigenvalue weighted by molar-refractivity contribution is 6.10. The Hall–Kier alpha value is -2.89. The van der Waals surface area contributed by atoms with Gasteiger partial charge in [0.05, 0.1) is 0 Å². The second-order valence-corrected chi connectivity index (χ2v) is 9.41. The summed E-state index contributed by atoms with van der Waals surface area (Å²) < 4.78 is 0. The minimum Gasteiger partial charge on any atom is -0.341 e. The zero-order valence-corrected chi connectivity index (χ0v) is 18.0. The van der Waals surface area contributed by atoms with E-state index >= 15 is 0 Å². The number of carbonyl (C=O) groups is 3. The molecule has 2 aromatic rings. The fourth-order valence-electron chi connectivity index (χ4n) is 5.75. The van der Waals surface area contributed by atoms with E-state index in [-0.39, 0.29) is 18.4 Å². The van der Waals surface area contributed by atoms with Crippen molar-refractivity contribution in [2.24, 2.45) is 11.8 Å². The molecule has 3 fully saturated rings. The molecule has 0 radical (unpaired) electrons. The maximum Gasteiger partial charge on any atom is 0.325 e. The molecule has 3 aliphatic rings. The number of amides is 4. The van der Waals surface area contributed by atoms with Gasteiger partial charge in [-0.3, -0.25) is 14.5 Å². The van der Waals surface area contributed by atoms with E-state index in [1.165, 1.54) is 25.7 Å². The fourth-order valence-corrected chi connectivity index (χ4v) is 5.75. The van der Waals surface area contributed by atoms with Crippen molar-refractivity contribution in [2.75, 3.05) is 19.6 Å². The molecule has 6 heteroatoms. The lowest BCUT2D eigenvalue weighted by molar-refractivity contribution is -0.140. The summed E-state index contributed by atoms with van der Waals surface area (Å²) in [7, 11) is 0. The summed E-state index contributed by atoms with van der Waals surface area (Å²) in [4.78, 5) is 42.2. The number of rotatable bonds is 3. The van der Waals surface area contributed by atoms with Gasteiger partial charge in [-0.05, 0) is 47.9 Å². The van der Waals surface area contributed by atoms with E-state index in [4.69, 9.17) is 0 Å². The zero-order valence-electron chi connectivity index (χ0n) is 18.0. The van der Waals surface area contributed by atoms with Crippen LogP contribution in [0.4, 0.5) is 4.79 Å². The molecule has 0 aromatic heterocycles. The highest BCUT2D eigenvalue weighted by Crippen LogP contribution is 2.37. The predicted octanol–water partition coefficient (Wildman–Crippen LogP) is 3.65. The number of likely N-dealkylation sites (tertiary alicyclic amines) is 1. The number of nitrogens with zero attached hydrogens (tertiary/aromatic N) is 2. The van der Waals surface area contributed by atoms with Crippen LogP contribution in [0.25, 0.3) is 10.8 Å². The van der Waals surface area contributed by atoms with Crippen molar-refractivity contribution in [3.63, 3.8) is 0 Å². The van der Waals surface area contributed by atoms with Crippen LogP contribution in [0.5, 0.6) is 0 Å². The van der Waals surface area contributed by atoms with Gasteiger partial charge in [-0.25, -0.2) is 4.79 Å². The molecule has 4 amide bonds. The number of urea groups is 1. The van der Waals surface area contributed by atoms with Crippen molar-refractivity contribution < 1.29 is 14.4 Å². The van der Waals surface area contributed by atoms with Gasteiger partial charge in [-0.2, -0.15) is 0 Å². The summed E-state index contributed by atoms with van der Waals surface area (Å²) in [6.45, 7) is 3.02. The Morgan fingerprint density at radius 3 is 2.61 bits per heavy atom. The van der Waals surface area contributed by atoms with Crippen molar-refractivity contribution in [3.8, 4) is 0 Å². The van der Waals surface area contributed by atoms with E-state index in [1.54, 1.807) is 6.92 Å². The number of piperidine rings is 1. The van der Waals surface area contributed by atoms with E-state index in [0.29, 0.717) is 5.92 Å². The summed E-state index contributed by atoms with van der Waals surface area (Å²) in [6, 6.07) is 13.1. The molecule has 2 aliphatic heterocycles. The van der Waals surface area contributed by atoms with E-state index < -0.39 is 11.6 Å². The second-order valence-electron chi connectivity index (χ2n) is 9.41. The van der Waals surface area contributed by atoms with Crippen LogP contribution in [0.15, 0.2) is 42.5 Å². The average Bonchev–Trinajstić information content (AvgIpc) is 3.02. The predicted molar refractivity (Wildman–Crippen MR) is 118 cm³/mol. The topological polar surface area (TPSA) is 69.7 Å². The highest BCUT2D eigenvalue weighted by atomic mass is 16.2. The Labute approximate surface area is 182 Å². The van der Waals surface area contributed by atoms with Crippen molar-refractivity contribution >= 4 is 28.6 Å². The lowest BCUT2D eigenvalue weighted by atomic mass is 9.75. The Balaban J connectivity index is 1.35. The van der Waals surface area contributed by atoms with Gasteiger partial charge in [0.1, 0.15) is 12.1 Å². The Morgan fingerprint density at radius 2 is 1.77 bits per heavy atom. The third-order valence-corrected chi connectivity index (χ3v) is 7.54. The summed E-state index contributed by atoms with van der Waals surface area (Å²) in [5.74, 6) is 0.795. The lowest BCUT2D eigenvalue weighted by Crippen LogP contribution is -2.49. The Morgan fingerprint density at radius 1 is 1.03 bits per heavy atom. The number of imide groups is 1. The average molecular weight is 420 g/mol. The molecule has 1 N–H and O–H groups in total. The molecular formula is C25H29N3O3. The SMILES string of the molecule is C[C@]1(c2cccc3ccccc23)NC(=O)N(CC(=O)N2CC[C@H]3CCCC[C@H]3C2)C1=O. The molecular weight excluding hydrogens is 390 g/mol. The molecule has 2 heterocycles. The monoisotopic (exact) mass is 419 g/mol. The maximum absolute atomic E-state index is 13.4. The number of hydrogen-bond donors (Lipinski definition) is 1. The Bertz CT molecular complexity index is 1050. The molecule has 3 atom stereocenters. The van der Waals surface area contributed by atoms with E-state index in [2.05, 4.69) is 5.32 Å². The largest absolute Gasteiger partial charge is 0.341 e. The number of carbonyl (C=O) groups excluding carboxylic acids is 3. The summed E-state index contributed by atoms with van der Waals surface area (Å²) in [5, 5.41) is 4.79. The van der Waals surface area contributed by atoms with Crippen LogP contribution in [-0.2, 0) is 15.1 Å². The second kappa shape index (κ2) is 7.66. The lowest BCUT2D eigenvalue weighted by Gasteiger charge is -2.41. The standard InChI is InChI=1S/C25H29N3O3/c1-25(21-12-6-10-18-8-4-5-11-20(18)21)23(30)28(24(31)26-25)16-22(29)27-14-13-17-7-2-3-9-19(17)15-27/h4-6,8,10-12,17,19H,2-3,7,9,13-16H2,1H3,(H,26,31)/t17-,19+,25-/m1/s1. The maximum atomic E-state index is 13.4. The molecule has 0 bridgehead atoms. The third kappa shape index (κ3) is 3.38. The van der Waals surface area contributed by atoms with Crippen molar-refractivity contribution in [1.29, 1.82) is 0 Å². The molecule has 31 heavy (non-hydrogen) atoms. The number of nitrogens with one attached hydrogen (secondary N) is 1. The summed E-state index contributed by atoms with van der Waals surface area (Å²) in [5.41, 5.74) is -0.434. The van der Waals surface area contributed by atoms with Crippen molar-refractivity contribution in [3.05, 3.63) is 48.0 Å². The van der Waals surface area contributed by atoms with Crippen LogP contribution in [0.3, 0.4) is 0 Å². The molecule has 0 spiro atoms. The van der Waals surface area contributed by atoms with Crippen LogP contribution in [-0.4, -0.2) is 47.3 Å². The first-order valence-electron chi connectivity index (χ1n) is 11.4. The molecule has 0 unspecified atom stereocenters. The third-order valence-electron chi connectivity index (χ3n) is 7.54. The number of benzene rings is 2. The zero-order chi connectivity index (χ0) is 21.6. The van der Waals surface area contributed by atoms with Gasteiger partial charge in [0.25, 0.3) is 5.91 Å². The smallest absolute Gasteiger partial charge is 0.325 e. The highest BCUT2D eigenvalue weighted by Gasteiger charge is 2.50. The van der Waals surface area contributed by atoms with E-state index in [9.17, 15) is 14.4 Å². The van der Waals surface area contributed by atoms with E-state index in [0.717, 1.165) is 46.7 Å². The molecule has 1 aliphatic carbocycles. The van der Waals surface area contributed by atoms with Gasteiger partial charge in [0, 0.05) is 13.1 Å². The van der Waals surface area contributed by atoms with Gasteiger partial charge in [-0.15, -0.1) is 0 Å². The number of fused-ring (bicyclic) bond motifs is 2. The van der Waals surface area contributed by atoms with Crippen LogP contribution >= 0.6 is 0 Å². The first kappa shape index (κ1) is 20.0. The number of hydrogen-bond acceptors (Lipinski definition) is 3. The van der Waals surface area contributed by atoms with Crippen molar-refractivity contribution in [1.82, 2.24) is 15.1 Å². The minimum atomic E-state index is -1.19. The van der Waals surface area contributed by atoms with Crippen LogP contribution in [0.2, 0.25) is 0 Å². The first-order chi connectivity index (χ1) is 15.0. The van der Waals surface area contributed by atoms with Gasteiger partial charge < -0.3 is 10.2 Å².